The van der Waals surface area contributed by atoms with Gasteiger partial charge in [-0.3, -0.25) is 0 Å². The van der Waals surface area contributed by atoms with Gasteiger partial charge in [-0.2, -0.15) is 0 Å². The van der Waals surface area contributed by atoms with Gasteiger partial charge in [0.05, 0.1) is 18.2 Å². The first kappa shape index (κ1) is 16.2. The summed E-state index contributed by atoms with van der Waals surface area (Å²) in [6, 6.07) is 12.0. The van der Waals surface area contributed by atoms with Crippen molar-refractivity contribution in [2.45, 2.75) is 19.9 Å². The summed E-state index contributed by atoms with van der Waals surface area (Å²) >= 11 is 12.7. The van der Waals surface area contributed by atoms with Crippen LogP contribution >= 0.6 is 23.2 Å². The van der Waals surface area contributed by atoms with Crippen molar-refractivity contribution in [3.05, 3.63) is 63.1 Å². The maximum Gasteiger partial charge on any atom is 0.138 e. The van der Waals surface area contributed by atoms with Gasteiger partial charge in [-0.1, -0.05) is 60.0 Å². The highest BCUT2D eigenvalue weighted by Crippen LogP contribution is 2.36. The summed E-state index contributed by atoms with van der Waals surface area (Å²) in [6.45, 7) is 4.98. The fourth-order valence-corrected chi connectivity index (χ4v) is 2.89. The van der Waals surface area contributed by atoms with Crippen LogP contribution in [0.5, 0.6) is 5.75 Å². The fraction of sp³-hybridized carbons (Fsp3) is 0.294. The molecular weight excluding hydrogens is 305 g/mol. The van der Waals surface area contributed by atoms with Crippen molar-refractivity contribution in [2.24, 2.45) is 0 Å². The molecule has 2 aromatic rings. The minimum absolute atomic E-state index is 0.00538. The third kappa shape index (κ3) is 3.70. The molecule has 0 heterocycles. The van der Waals surface area contributed by atoms with Crippen LogP contribution in [0.3, 0.4) is 0 Å². The zero-order chi connectivity index (χ0) is 15.4. The Balaban J connectivity index is 2.50. The third-order valence-corrected chi connectivity index (χ3v) is 3.99. The molecule has 21 heavy (non-hydrogen) atoms. The van der Waals surface area contributed by atoms with E-state index >= 15 is 0 Å². The Morgan fingerprint density at radius 1 is 1.14 bits per heavy atom. The van der Waals surface area contributed by atoms with Crippen LogP contribution < -0.4 is 10.1 Å². The molecule has 0 saturated heterocycles. The van der Waals surface area contributed by atoms with Gasteiger partial charge in [0.1, 0.15) is 5.75 Å². The third-order valence-electron chi connectivity index (χ3n) is 3.37. The summed E-state index contributed by atoms with van der Waals surface area (Å²) in [7, 11) is 1.58. The van der Waals surface area contributed by atoms with Crippen molar-refractivity contribution in [1.82, 2.24) is 5.32 Å². The van der Waals surface area contributed by atoms with E-state index in [2.05, 4.69) is 37.4 Å². The standard InChI is InChI=1S/C17H19Cl2NO/c1-4-20-17(12-7-5-6-11(2)8-12)13-9-15(19)16(21-3)10-14(13)18/h5-10,17,20H,4H2,1-3H3. The Hall–Kier alpha value is -1.22. The number of ether oxygens (including phenoxy) is 1. The highest BCUT2D eigenvalue weighted by Gasteiger charge is 2.18. The molecule has 112 valence electrons. The van der Waals surface area contributed by atoms with Crippen LogP contribution in [0, 0.1) is 6.92 Å². The van der Waals surface area contributed by atoms with Gasteiger partial charge in [-0.25, -0.2) is 0 Å². The minimum Gasteiger partial charge on any atom is -0.495 e. The molecule has 0 bridgehead atoms. The molecule has 0 aromatic heterocycles. The molecule has 1 N–H and O–H groups in total. The monoisotopic (exact) mass is 323 g/mol. The van der Waals surface area contributed by atoms with E-state index < -0.39 is 0 Å². The van der Waals surface area contributed by atoms with Crippen molar-refractivity contribution < 1.29 is 4.74 Å². The molecule has 0 aliphatic carbocycles. The second-order valence-corrected chi connectivity index (χ2v) is 5.73. The predicted molar refractivity (Wildman–Crippen MR) is 89.7 cm³/mol. The molecule has 0 radical (unpaired) electrons. The van der Waals surface area contributed by atoms with Crippen LogP contribution in [0.2, 0.25) is 10.0 Å². The van der Waals surface area contributed by atoms with Crippen LogP contribution in [0.25, 0.3) is 0 Å². The molecule has 0 fully saturated rings. The van der Waals surface area contributed by atoms with E-state index in [0.717, 1.165) is 12.1 Å². The number of nitrogens with one attached hydrogen (secondary N) is 1. The SMILES string of the molecule is CCNC(c1cccc(C)c1)c1cc(Cl)c(OC)cc1Cl. The maximum atomic E-state index is 6.42. The van der Waals surface area contributed by atoms with Gasteiger partial charge in [0, 0.05) is 11.1 Å². The molecule has 1 atom stereocenters. The topological polar surface area (TPSA) is 21.3 Å². The van der Waals surface area contributed by atoms with Crippen molar-refractivity contribution in [3.63, 3.8) is 0 Å². The lowest BCUT2D eigenvalue weighted by molar-refractivity contribution is 0.414. The van der Waals surface area contributed by atoms with Crippen molar-refractivity contribution in [1.29, 1.82) is 0 Å². The zero-order valence-electron chi connectivity index (χ0n) is 12.4. The van der Waals surface area contributed by atoms with Crippen molar-refractivity contribution in [3.8, 4) is 5.75 Å². The first-order valence-electron chi connectivity index (χ1n) is 6.89. The summed E-state index contributed by atoms with van der Waals surface area (Å²) in [6.07, 6.45) is 0. The highest BCUT2D eigenvalue weighted by atomic mass is 35.5. The lowest BCUT2D eigenvalue weighted by atomic mass is 9.97. The van der Waals surface area contributed by atoms with E-state index in [4.69, 9.17) is 27.9 Å². The van der Waals surface area contributed by atoms with Gasteiger partial charge < -0.3 is 10.1 Å². The smallest absolute Gasteiger partial charge is 0.138 e. The van der Waals surface area contributed by atoms with Gasteiger partial charge in [0.25, 0.3) is 0 Å². The molecule has 1 unspecified atom stereocenters. The fourth-order valence-electron chi connectivity index (χ4n) is 2.38. The quantitative estimate of drug-likeness (QED) is 0.835. The molecule has 0 amide bonds. The number of rotatable bonds is 5. The Labute approximate surface area is 136 Å². The number of hydrogen-bond acceptors (Lipinski definition) is 2. The van der Waals surface area contributed by atoms with Gasteiger partial charge in [-0.15, -0.1) is 0 Å². The first-order valence-corrected chi connectivity index (χ1v) is 7.65. The van der Waals surface area contributed by atoms with Gasteiger partial charge in [0.15, 0.2) is 0 Å². The molecule has 0 saturated carbocycles. The Morgan fingerprint density at radius 2 is 1.90 bits per heavy atom. The number of halogens is 2. The maximum absolute atomic E-state index is 6.42. The van der Waals surface area contributed by atoms with Crippen molar-refractivity contribution in [2.75, 3.05) is 13.7 Å². The number of hydrogen-bond donors (Lipinski definition) is 1. The second kappa shape index (κ2) is 7.17. The van der Waals surface area contributed by atoms with E-state index in [0.29, 0.717) is 15.8 Å². The van der Waals surface area contributed by atoms with Gasteiger partial charge in [0.2, 0.25) is 0 Å². The summed E-state index contributed by atoms with van der Waals surface area (Å²) in [5.41, 5.74) is 3.33. The largest absolute Gasteiger partial charge is 0.495 e. The van der Waals surface area contributed by atoms with Crippen molar-refractivity contribution >= 4 is 23.2 Å². The van der Waals surface area contributed by atoms with E-state index in [1.807, 2.05) is 12.1 Å². The average Bonchev–Trinajstić information content (AvgIpc) is 2.47. The molecular formula is C17H19Cl2NO. The normalized spacial score (nSPS) is 12.2. The predicted octanol–water partition coefficient (Wildman–Crippen LogP) is 5.01. The van der Waals surface area contributed by atoms with Crippen LogP contribution in [0.1, 0.15) is 29.7 Å². The molecule has 4 heteroatoms. The molecule has 0 aliphatic heterocycles. The van der Waals surface area contributed by atoms with Crippen LogP contribution in [-0.4, -0.2) is 13.7 Å². The van der Waals surface area contributed by atoms with E-state index in [1.165, 1.54) is 11.1 Å². The Morgan fingerprint density at radius 3 is 2.52 bits per heavy atom. The molecule has 0 spiro atoms. The number of aryl methyl sites for hydroxylation is 1. The first-order chi connectivity index (χ1) is 10.1. The molecule has 0 aliphatic rings. The molecule has 2 aromatic carbocycles. The van der Waals surface area contributed by atoms with Crippen LogP contribution in [0.15, 0.2) is 36.4 Å². The Kier molecular flexibility index (Phi) is 5.51. The molecule has 2 rings (SSSR count). The number of benzene rings is 2. The average molecular weight is 324 g/mol. The van der Waals surface area contributed by atoms with Crippen LogP contribution in [-0.2, 0) is 0 Å². The minimum atomic E-state index is 0.00538. The summed E-state index contributed by atoms with van der Waals surface area (Å²) in [5.74, 6) is 0.588. The van der Waals surface area contributed by atoms with Crippen LogP contribution in [0.4, 0.5) is 0 Å². The summed E-state index contributed by atoms with van der Waals surface area (Å²) < 4.78 is 5.21. The van der Waals surface area contributed by atoms with E-state index in [9.17, 15) is 0 Å². The summed E-state index contributed by atoms with van der Waals surface area (Å²) in [5, 5.41) is 4.67. The zero-order valence-corrected chi connectivity index (χ0v) is 13.9. The molecule has 2 nitrogen and oxygen atoms in total. The number of methoxy groups -OCH3 is 1. The van der Waals surface area contributed by atoms with E-state index in [1.54, 1.807) is 13.2 Å². The van der Waals surface area contributed by atoms with Gasteiger partial charge >= 0.3 is 0 Å². The second-order valence-electron chi connectivity index (χ2n) is 4.91. The lowest BCUT2D eigenvalue weighted by Gasteiger charge is -2.21. The Bertz CT molecular complexity index is 628. The highest BCUT2D eigenvalue weighted by molar-refractivity contribution is 6.34. The van der Waals surface area contributed by atoms with E-state index in [-0.39, 0.29) is 6.04 Å². The summed E-state index contributed by atoms with van der Waals surface area (Å²) in [4.78, 5) is 0. The van der Waals surface area contributed by atoms with Gasteiger partial charge in [-0.05, 0) is 30.7 Å². The lowest BCUT2D eigenvalue weighted by Crippen LogP contribution is -2.22.